The first kappa shape index (κ1) is 26.7. The van der Waals surface area contributed by atoms with Gasteiger partial charge in [0.25, 0.3) is 5.69 Å². The Morgan fingerprint density at radius 1 is 1.21 bits per heavy atom. The van der Waals surface area contributed by atoms with Crippen LogP contribution in [0, 0.1) is 15.9 Å². The number of pyridine rings is 1. The molecule has 1 aliphatic carbocycles. The Hall–Kier alpha value is -3.94. The van der Waals surface area contributed by atoms with Crippen molar-refractivity contribution in [2.24, 2.45) is 5.73 Å². The van der Waals surface area contributed by atoms with E-state index in [1.807, 2.05) is 0 Å². The molecule has 0 spiro atoms. The highest BCUT2D eigenvalue weighted by Crippen LogP contribution is 2.41. The monoisotopic (exact) mass is 554 g/mol. The zero-order valence-corrected chi connectivity index (χ0v) is 21.9. The average molecular weight is 555 g/mol. The maximum absolute atomic E-state index is 15.5. The fourth-order valence-electron chi connectivity index (χ4n) is 5.17. The Morgan fingerprint density at radius 3 is 2.67 bits per heavy atom. The summed E-state index contributed by atoms with van der Waals surface area (Å²) >= 11 is 0.955. The summed E-state index contributed by atoms with van der Waals surface area (Å²) in [5.74, 6) is -1.22. The van der Waals surface area contributed by atoms with E-state index in [1.165, 1.54) is 16.8 Å². The zero-order chi connectivity index (χ0) is 27.5. The van der Waals surface area contributed by atoms with Crippen LogP contribution in [0.4, 0.5) is 10.1 Å². The Balaban J connectivity index is 1.49. The molecule has 3 heterocycles. The summed E-state index contributed by atoms with van der Waals surface area (Å²) in [6.45, 7) is 1.67. The minimum Gasteiger partial charge on any atom is -0.366 e. The number of non-ortho nitro benzene ring substituents is 1. The molecule has 1 aromatic carbocycles. The summed E-state index contributed by atoms with van der Waals surface area (Å²) in [6.07, 6.45) is 7.65. The lowest BCUT2D eigenvalue weighted by Gasteiger charge is -2.16. The molecule has 0 bridgehead atoms. The van der Waals surface area contributed by atoms with Crippen molar-refractivity contribution < 1.29 is 18.9 Å². The highest BCUT2D eigenvalue weighted by atomic mass is 32.2. The largest absolute Gasteiger partial charge is 0.366 e. The average Bonchev–Trinajstić information content (AvgIpc) is 3.68. The summed E-state index contributed by atoms with van der Waals surface area (Å²) in [4.78, 5) is 41.6. The minimum absolute atomic E-state index is 0.0516. The second kappa shape index (κ2) is 11.4. The van der Waals surface area contributed by atoms with Crippen LogP contribution in [0.3, 0.4) is 0 Å². The number of hydrogen-bond donors (Lipinski definition) is 1. The number of halogens is 1. The fourth-order valence-corrected chi connectivity index (χ4v) is 6.20. The smallest absolute Gasteiger partial charge is 0.270 e. The van der Waals surface area contributed by atoms with Gasteiger partial charge in [0.15, 0.2) is 0 Å². The number of amides is 2. The van der Waals surface area contributed by atoms with Gasteiger partial charge in [-0.1, -0.05) is 12.8 Å². The number of hydrogen-bond acceptors (Lipinski definition) is 9. The molecule has 5 rings (SSSR count). The van der Waals surface area contributed by atoms with E-state index in [0.717, 1.165) is 62.0 Å². The van der Waals surface area contributed by atoms with E-state index in [1.54, 1.807) is 11.1 Å². The Labute approximate surface area is 227 Å². The number of nitro benzene ring substituents is 1. The van der Waals surface area contributed by atoms with Crippen molar-refractivity contribution in [3.05, 3.63) is 51.5 Å². The quantitative estimate of drug-likeness (QED) is 0.291. The van der Waals surface area contributed by atoms with E-state index in [2.05, 4.69) is 20.5 Å². The fraction of sp³-hybridized carbons (Fsp3) is 0.440. The number of nitrogens with two attached hydrogens (primary N) is 1. The first-order valence-electron chi connectivity index (χ1n) is 12.8. The molecule has 39 heavy (non-hydrogen) atoms. The van der Waals surface area contributed by atoms with Gasteiger partial charge in [-0.2, -0.15) is 0 Å². The van der Waals surface area contributed by atoms with E-state index in [-0.39, 0.29) is 38.7 Å². The maximum atomic E-state index is 15.5. The number of primary amides is 1. The molecule has 204 valence electrons. The van der Waals surface area contributed by atoms with Crippen molar-refractivity contribution in [1.82, 2.24) is 30.1 Å². The summed E-state index contributed by atoms with van der Waals surface area (Å²) in [6, 6.07) is 3.66. The van der Waals surface area contributed by atoms with E-state index in [4.69, 9.17) is 5.73 Å². The van der Waals surface area contributed by atoms with Crippen molar-refractivity contribution >= 4 is 29.3 Å². The number of carbonyl (C=O) groups excluding carboxylic acids is 2. The summed E-state index contributed by atoms with van der Waals surface area (Å²) in [5, 5.41) is 23.7. The molecule has 2 aromatic heterocycles. The van der Waals surface area contributed by atoms with Crippen LogP contribution in [0.15, 0.2) is 34.4 Å². The van der Waals surface area contributed by atoms with Crippen molar-refractivity contribution in [1.29, 1.82) is 0 Å². The van der Waals surface area contributed by atoms with E-state index < -0.39 is 22.3 Å². The number of aromatic nitrogens is 5. The molecule has 0 radical (unpaired) electrons. The van der Waals surface area contributed by atoms with Crippen LogP contribution in [-0.2, 0) is 11.3 Å². The molecule has 3 aromatic rings. The van der Waals surface area contributed by atoms with Crippen LogP contribution in [0.1, 0.15) is 66.8 Å². The van der Waals surface area contributed by atoms with Gasteiger partial charge in [-0.05, 0) is 65.4 Å². The predicted octanol–water partition coefficient (Wildman–Crippen LogP) is 3.70. The third kappa shape index (κ3) is 5.75. The molecule has 0 unspecified atom stereocenters. The first-order valence-corrected chi connectivity index (χ1v) is 13.6. The molecule has 1 saturated carbocycles. The standard InChI is InChI=1S/C25H27FN8O4S/c26-20-11-16(15-5-1-2-6-15)14-28-22(20)18-12-17(34(37)38)13-19(24(27)36)23(18)39-25-29-30-31-33(25)10-4-9-32-8-3-7-21(32)35/h11-15H,1-10H2,(H2,27,36). The molecule has 0 atom stereocenters. The van der Waals surface area contributed by atoms with E-state index >= 15 is 4.39 Å². The molecule has 2 aliphatic rings. The van der Waals surface area contributed by atoms with Gasteiger partial charge in [0.05, 0.1) is 10.5 Å². The summed E-state index contributed by atoms with van der Waals surface area (Å²) < 4.78 is 17.0. The Bertz CT molecular complexity index is 1430. The second-order valence-electron chi connectivity index (χ2n) is 9.70. The summed E-state index contributed by atoms with van der Waals surface area (Å²) in [7, 11) is 0. The van der Waals surface area contributed by atoms with Gasteiger partial charge in [-0.25, -0.2) is 9.07 Å². The number of tetrazole rings is 1. The molecular weight excluding hydrogens is 527 g/mol. The van der Waals surface area contributed by atoms with Gasteiger partial charge < -0.3 is 10.6 Å². The topological polar surface area (TPSA) is 163 Å². The molecule has 2 amide bonds. The van der Waals surface area contributed by atoms with Crippen LogP contribution in [0.5, 0.6) is 0 Å². The number of carbonyl (C=O) groups is 2. The highest BCUT2D eigenvalue weighted by molar-refractivity contribution is 7.99. The number of nitrogens with zero attached hydrogens (tertiary/aromatic N) is 7. The lowest BCUT2D eigenvalue weighted by atomic mass is 9.98. The van der Waals surface area contributed by atoms with Gasteiger partial charge >= 0.3 is 0 Å². The van der Waals surface area contributed by atoms with Crippen LogP contribution in [0.25, 0.3) is 11.3 Å². The SMILES string of the molecule is NC(=O)c1cc([N+](=O)[O-])cc(-c2ncc(C3CCCC3)cc2F)c1Sc1nnnn1CCCN1CCCC1=O. The first-order chi connectivity index (χ1) is 18.8. The number of rotatable bonds is 10. The van der Waals surface area contributed by atoms with Crippen LogP contribution >= 0.6 is 11.8 Å². The minimum atomic E-state index is -0.919. The number of likely N-dealkylation sites (tertiary alicyclic amines) is 1. The van der Waals surface area contributed by atoms with Crippen LogP contribution < -0.4 is 5.73 Å². The van der Waals surface area contributed by atoms with Gasteiger partial charge in [-0.15, -0.1) is 5.10 Å². The van der Waals surface area contributed by atoms with Crippen LogP contribution in [-0.4, -0.2) is 59.9 Å². The number of benzene rings is 1. The molecule has 1 saturated heterocycles. The molecule has 1 aliphatic heterocycles. The normalized spacial score (nSPS) is 15.8. The molecule has 2 fully saturated rings. The van der Waals surface area contributed by atoms with Gasteiger partial charge in [0.2, 0.25) is 17.0 Å². The number of aryl methyl sites for hydroxylation is 1. The van der Waals surface area contributed by atoms with Crippen molar-refractivity contribution in [2.45, 2.75) is 67.5 Å². The molecule has 12 nitrogen and oxygen atoms in total. The second-order valence-corrected chi connectivity index (χ2v) is 10.7. The Kier molecular flexibility index (Phi) is 7.82. The van der Waals surface area contributed by atoms with Gasteiger partial charge in [0, 0.05) is 54.8 Å². The predicted molar refractivity (Wildman–Crippen MR) is 138 cm³/mol. The number of nitro groups is 1. The molecule has 14 heteroatoms. The molecular formula is C25H27FN8O4S. The van der Waals surface area contributed by atoms with Crippen molar-refractivity contribution in [3.8, 4) is 11.3 Å². The van der Waals surface area contributed by atoms with Crippen molar-refractivity contribution in [3.63, 3.8) is 0 Å². The highest BCUT2D eigenvalue weighted by Gasteiger charge is 2.27. The van der Waals surface area contributed by atoms with E-state index in [0.29, 0.717) is 25.9 Å². The lowest BCUT2D eigenvalue weighted by molar-refractivity contribution is -0.384. The van der Waals surface area contributed by atoms with Gasteiger partial charge in [0.1, 0.15) is 11.5 Å². The third-order valence-electron chi connectivity index (χ3n) is 7.16. The van der Waals surface area contributed by atoms with Crippen LogP contribution in [0.2, 0.25) is 0 Å². The van der Waals surface area contributed by atoms with Crippen molar-refractivity contribution in [2.75, 3.05) is 13.1 Å². The zero-order valence-electron chi connectivity index (χ0n) is 21.1. The molecule has 2 N–H and O–H groups in total. The summed E-state index contributed by atoms with van der Waals surface area (Å²) in [5.41, 5.74) is 5.74. The maximum Gasteiger partial charge on any atom is 0.270 e. The third-order valence-corrected chi connectivity index (χ3v) is 8.27. The van der Waals surface area contributed by atoms with E-state index in [9.17, 15) is 19.7 Å². The Morgan fingerprint density at radius 2 is 2.00 bits per heavy atom. The van der Waals surface area contributed by atoms with Gasteiger partial charge in [-0.3, -0.25) is 24.7 Å². The lowest BCUT2D eigenvalue weighted by Crippen LogP contribution is -2.26.